The van der Waals surface area contributed by atoms with E-state index in [1.807, 2.05) is 0 Å². The van der Waals surface area contributed by atoms with Gasteiger partial charge in [-0.3, -0.25) is 0 Å². The predicted molar refractivity (Wildman–Crippen MR) is 90.5 cm³/mol. The molecule has 0 aliphatic carbocycles. The second kappa shape index (κ2) is 6.15. The number of hydrogen-bond donors (Lipinski definition) is 0. The molecule has 0 unspecified atom stereocenters. The van der Waals surface area contributed by atoms with Crippen molar-refractivity contribution < 1.29 is 0 Å². The first-order valence-electron chi connectivity index (χ1n) is 7.51. The minimum atomic E-state index is 1.00. The summed E-state index contributed by atoms with van der Waals surface area (Å²) >= 11 is 0. The van der Waals surface area contributed by atoms with Crippen LogP contribution in [0, 0.1) is 0 Å². The summed E-state index contributed by atoms with van der Waals surface area (Å²) in [5.41, 5.74) is 5.39. The number of anilines is 1. The highest BCUT2D eigenvalue weighted by Gasteiger charge is 2.20. The molecular formula is C19H22N2. The summed E-state index contributed by atoms with van der Waals surface area (Å²) in [6.45, 7) is 2.04. The number of fused-ring (bicyclic) bond motifs is 1. The van der Waals surface area contributed by atoms with Crippen molar-refractivity contribution in [1.82, 2.24) is 4.90 Å². The molecule has 2 nitrogen and oxygen atoms in total. The molecule has 2 heteroatoms. The van der Waals surface area contributed by atoms with Gasteiger partial charge in [0.1, 0.15) is 0 Å². The summed E-state index contributed by atoms with van der Waals surface area (Å²) in [6.07, 6.45) is 3.37. The highest BCUT2D eigenvalue weighted by Crippen LogP contribution is 2.33. The van der Waals surface area contributed by atoms with Crippen LogP contribution in [0.25, 0.3) is 5.70 Å². The first kappa shape index (κ1) is 13.9. The summed E-state index contributed by atoms with van der Waals surface area (Å²) in [5.74, 6) is 0. The number of para-hydroxylation sites is 1. The van der Waals surface area contributed by atoms with Gasteiger partial charge >= 0.3 is 0 Å². The van der Waals surface area contributed by atoms with Crippen molar-refractivity contribution in [2.45, 2.75) is 6.42 Å². The topological polar surface area (TPSA) is 6.48 Å². The molecule has 0 radical (unpaired) electrons. The van der Waals surface area contributed by atoms with E-state index in [-0.39, 0.29) is 0 Å². The first-order chi connectivity index (χ1) is 10.3. The number of allylic oxidation sites excluding steroid dienone is 1. The van der Waals surface area contributed by atoms with E-state index in [1.54, 1.807) is 0 Å². The largest absolute Gasteiger partial charge is 0.340 e. The molecule has 1 aliphatic heterocycles. The molecule has 2 aromatic rings. The number of nitrogens with zero attached hydrogens (tertiary/aromatic N) is 2. The molecule has 0 N–H and O–H groups in total. The van der Waals surface area contributed by atoms with Gasteiger partial charge in [0.05, 0.1) is 0 Å². The Hall–Kier alpha value is -2.06. The molecule has 3 rings (SSSR count). The zero-order valence-corrected chi connectivity index (χ0v) is 12.8. The third-order valence-corrected chi connectivity index (χ3v) is 3.93. The van der Waals surface area contributed by atoms with Crippen LogP contribution in [0.3, 0.4) is 0 Å². The SMILES string of the molecule is CN(C)CCN1C(c2ccccc2)=CCc2ccccc21. The van der Waals surface area contributed by atoms with Gasteiger partial charge in [0.2, 0.25) is 0 Å². The Kier molecular flexibility index (Phi) is 4.07. The van der Waals surface area contributed by atoms with Gasteiger partial charge in [-0.1, -0.05) is 54.6 Å². The van der Waals surface area contributed by atoms with Crippen LogP contribution < -0.4 is 4.90 Å². The third-order valence-electron chi connectivity index (χ3n) is 3.93. The molecule has 0 saturated heterocycles. The zero-order chi connectivity index (χ0) is 14.7. The highest BCUT2D eigenvalue weighted by molar-refractivity contribution is 5.83. The fraction of sp³-hybridized carbons (Fsp3) is 0.263. The minimum Gasteiger partial charge on any atom is -0.340 e. The maximum atomic E-state index is 2.45. The van der Waals surface area contributed by atoms with Crippen molar-refractivity contribution in [2.24, 2.45) is 0 Å². The van der Waals surface area contributed by atoms with E-state index in [0.717, 1.165) is 19.5 Å². The normalized spacial score (nSPS) is 14.0. The van der Waals surface area contributed by atoms with Crippen LogP contribution in [0.5, 0.6) is 0 Å². The number of likely N-dealkylation sites (N-methyl/N-ethyl adjacent to an activating group) is 1. The van der Waals surface area contributed by atoms with Gasteiger partial charge in [0.15, 0.2) is 0 Å². The van der Waals surface area contributed by atoms with Crippen LogP contribution in [0.1, 0.15) is 11.1 Å². The van der Waals surface area contributed by atoms with Gasteiger partial charge in [0, 0.05) is 24.5 Å². The Bertz CT molecular complexity index is 629. The van der Waals surface area contributed by atoms with Crippen molar-refractivity contribution in [1.29, 1.82) is 0 Å². The smallest absolute Gasteiger partial charge is 0.0447 e. The van der Waals surface area contributed by atoms with E-state index in [1.165, 1.54) is 22.5 Å². The van der Waals surface area contributed by atoms with E-state index < -0.39 is 0 Å². The average Bonchev–Trinajstić information content (AvgIpc) is 2.53. The Morgan fingerprint density at radius 2 is 1.67 bits per heavy atom. The van der Waals surface area contributed by atoms with E-state index in [0.29, 0.717) is 0 Å². The molecule has 0 aromatic heterocycles. The monoisotopic (exact) mass is 278 g/mol. The molecule has 0 atom stereocenters. The van der Waals surface area contributed by atoms with Crippen LogP contribution in [0.4, 0.5) is 5.69 Å². The Morgan fingerprint density at radius 3 is 2.43 bits per heavy atom. The highest BCUT2D eigenvalue weighted by atomic mass is 15.2. The van der Waals surface area contributed by atoms with Crippen LogP contribution in [0.2, 0.25) is 0 Å². The Labute approximate surface area is 127 Å². The van der Waals surface area contributed by atoms with Gasteiger partial charge in [-0.2, -0.15) is 0 Å². The first-order valence-corrected chi connectivity index (χ1v) is 7.51. The minimum absolute atomic E-state index is 1.00. The van der Waals surface area contributed by atoms with Gasteiger partial charge in [-0.15, -0.1) is 0 Å². The molecule has 2 aromatic carbocycles. The second-order valence-corrected chi connectivity index (χ2v) is 5.74. The molecule has 0 saturated carbocycles. The van der Waals surface area contributed by atoms with Gasteiger partial charge < -0.3 is 9.80 Å². The van der Waals surface area contributed by atoms with Crippen LogP contribution in [-0.4, -0.2) is 32.1 Å². The maximum absolute atomic E-state index is 2.45. The van der Waals surface area contributed by atoms with Crippen LogP contribution in [-0.2, 0) is 6.42 Å². The Balaban J connectivity index is 1.97. The lowest BCUT2D eigenvalue weighted by Crippen LogP contribution is -2.32. The molecule has 0 amide bonds. The van der Waals surface area contributed by atoms with Gasteiger partial charge in [0.25, 0.3) is 0 Å². The van der Waals surface area contributed by atoms with Crippen molar-refractivity contribution >= 4 is 11.4 Å². The van der Waals surface area contributed by atoms with E-state index in [2.05, 4.69) is 84.6 Å². The van der Waals surface area contributed by atoms with Crippen LogP contribution in [0.15, 0.2) is 60.7 Å². The lowest BCUT2D eigenvalue weighted by atomic mass is 9.99. The number of hydrogen-bond acceptors (Lipinski definition) is 2. The van der Waals surface area contributed by atoms with Gasteiger partial charge in [-0.05, 0) is 37.7 Å². The van der Waals surface area contributed by atoms with Crippen LogP contribution >= 0.6 is 0 Å². The summed E-state index contributed by atoms with van der Waals surface area (Å²) < 4.78 is 0. The molecular weight excluding hydrogens is 256 g/mol. The predicted octanol–water partition coefficient (Wildman–Crippen LogP) is 3.65. The van der Waals surface area contributed by atoms with E-state index >= 15 is 0 Å². The van der Waals surface area contributed by atoms with Crippen molar-refractivity contribution in [3.8, 4) is 0 Å². The average molecular weight is 278 g/mol. The summed E-state index contributed by atoms with van der Waals surface area (Å²) in [4.78, 5) is 4.69. The quantitative estimate of drug-likeness (QED) is 0.842. The standard InChI is InChI=1S/C19H22N2/c1-20(2)14-15-21-18-11-7-6-10-17(18)12-13-19(21)16-8-4-3-5-9-16/h3-11,13H,12,14-15H2,1-2H3. The Morgan fingerprint density at radius 1 is 0.952 bits per heavy atom. The lowest BCUT2D eigenvalue weighted by molar-refractivity contribution is 0.419. The number of benzene rings is 2. The fourth-order valence-corrected chi connectivity index (χ4v) is 2.82. The molecule has 21 heavy (non-hydrogen) atoms. The molecule has 0 bridgehead atoms. The fourth-order valence-electron chi connectivity index (χ4n) is 2.82. The molecule has 0 spiro atoms. The van der Waals surface area contributed by atoms with E-state index in [9.17, 15) is 0 Å². The van der Waals surface area contributed by atoms with Crippen molar-refractivity contribution in [3.05, 3.63) is 71.8 Å². The maximum Gasteiger partial charge on any atom is 0.0447 e. The summed E-state index contributed by atoms with van der Waals surface area (Å²) in [6, 6.07) is 19.4. The van der Waals surface area contributed by atoms with Crippen molar-refractivity contribution in [2.75, 3.05) is 32.1 Å². The molecule has 108 valence electrons. The molecule has 1 aliphatic rings. The van der Waals surface area contributed by atoms with E-state index in [4.69, 9.17) is 0 Å². The molecule has 1 heterocycles. The second-order valence-electron chi connectivity index (χ2n) is 5.74. The zero-order valence-electron chi connectivity index (χ0n) is 12.8. The van der Waals surface area contributed by atoms with Gasteiger partial charge in [-0.25, -0.2) is 0 Å². The summed E-state index contributed by atoms with van der Waals surface area (Å²) in [7, 11) is 4.25. The molecule has 0 fully saturated rings. The third kappa shape index (κ3) is 3.01. The lowest BCUT2D eigenvalue weighted by Gasteiger charge is -2.33. The number of rotatable bonds is 4. The van der Waals surface area contributed by atoms with Crippen molar-refractivity contribution in [3.63, 3.8) is 0 Å². The summed E-state index contributed by atoms with van der Waals surface area (Å²) in [5, 5.41) is 0.